The van der Waals surface area contributed by atoms with Crippen molar-refractivity contribution >= 4 is 18.2 Å². The van der Waals surface area contributed by atoms with Gasteiger partial charge in [0.05, 0.1) is 13.2 Å². The van der Waals surface area contributed by atoms with Crippen molar-refractivity contribution in [3.63, 3.8) is 0 Å². The zero-order valence-corrected chi connectivity index (χ0v) is 25.8. The Balaban J connectivity index is 1.94. The van der Waals surface area contributed by atoms with Gasteiger partial charge in [-0.05, 0) is 74.6 Å². The van der Waals surface area contributed by atoms with Crippen molar-refractivity contribution in [2.45, 2.75) is 91.2 Å². The molecule has 1 saturated carbocycles. The number of carbonyl (C=O) groups is 3. The summed E-state index contributed by atoms with van der Waals surface area (Å²) in [6.07, 6.45) is 0.871. The Bertz CT molecular complexity index is 1160. The molecule has 5 atom stereocenters. The summed E-state index contributed by atoms with van der Waals surface area (Å²) in [6, 6.07) is 13.8. The first kappa shape index (κ1) is 32.8. The van der Waals surface area contributed by atoms with Crippen LogP contribution in [0.2, 0.25) is 0 Å². The molecule has 230 valence electrons. The van der Waals surface area contributed by atoms with Gasteiger partial charge >= 0.3 is 18.2 Å². The van der Waals surface area contributed by atoms with Crippen LogP contribution in [0.5, 0.6) is 5.75 Å². The maximum atomic E-state index is 14.0. The quantitative estimate of drug-likeness (QED) is 0.241. The second-order valence-electron chi connectivity index (χ2n) is 12.4. The molecule has 0 spiro atoms. The van der Waals surface area contributed by atoms with Crippen LogP contribution in [0.3, 0.4) is 0 Å². The average Bonchev–Trinajstić information content (AvgIpc) is 2.93. The summed E-state index contributed by atoms with van der Waals surface area (Å²) >= 11 is 0. The van der Waals surface area contributed by atoms with Gasteiger partial charge in [-0.15, -0.1) is 0 Å². The first-order chi connectivity index (χ1) is 19.9. The number of hydrogen-bond acceptors (Lipinski definition) is 7. The molecule has 42 heavy (non-hydrogen) atoms. The van der Waals surface area contributed by atoms with Gasteiger partial charge < -0.3 is 29.6 Å². The number of methoxy groups -OCH3 is 1. The summed E-state index contributed by atoms with van der Waals surface area (Å²) in [4.78, 5) is 40.1. The molecule has 0 bridgehead atoms. The molecule has 0 heterocycles. The molecule has 2 N–H and O–H groups in total. The summed E-state index contributed by atoms with van der Waals surface area (Å²) in [7, 11) is 1.55. The average molecular weight is 583 g/mol. The highest BCUT2D eigenvalue weighted by atomic mass is 16.6. The van der Waals surface area contributed by atoms with Crippen LogP contribution in [0.1, 0.15) is 78.0 Å². The molecular weight excluding hydrogens is 536 g/mol. The van der Waals surface area contributed by atoms with Gasteiger partial charge in [-0.1, -0.05) is 69.7 Å². The fraction of sp³-hybridized carbons (Fsp3) is 0.545. The molecule has 0 aromatic heterocycles. The highest BCUT2D eigenvalue weighted by molar-refractivity contribution is 5.83. The van der Waals surface area contributed by atoms with E-state index >= 15 is 0 Å². The van der Waals surface area contributed by atoms with Gasteiger partial charge in [0.15, 0.2) is 6.04 Å². The molecule has 2 aromatic carbocycles. The van der Waals surface area contributed by atoms with Crippen molar-refractivity contribution in [1.29, 1.82) is 0 Å². The highest BCUT2D eigenvalue weighted by Crippen LogP contribution is 2.36. The number of benzene rings is 2. The lowest BCUT2D eigenvalue weighted by Gasteiger charge is -2.38. The number of esters is 1. The van der Waals surface area contributed by atoms with Crippen LogP contribution in [-0.2, 0) is 25.6 Å². The van der Waals surface area contributed by atoms with Crippen LogP contribution in [0.25, 0.3) is 0 Å². The third-order valence-corrected chi connectivity index (χ3v) is 7.45. The molecule has 2 aromatic rings. The maximum Gasteiger partial charge on any atom is 0.408 e. The Kier molecular flexibility index (Phi) is 11.6. The number of ether oxygens (including phenoxy) is 4. The molecule has 1 aliphatic carbocycles. The van der Waals surface area contributed by atoms with Crippen molar-refractivity contribution in [3.05, 3.63) is 65.7 Å². The summed E-state index contributed by atoms with van der Waals surface area (Å²) in [6.45, 7) is 11.7. The van der Waals surface area contributed by atoms with E-state index in [9.17, 15) is 14.4 Å². The van der Waals surface area contributed by atoms with Crippen molar-refractivity contribution < 1.29 is 33.3 Å². The summed E-state index contributed by atoms with van der Waals surface area (Å²) in [5.74, 6) is 0.842. The monoisotopic (exact) mass is 582 g/mol. The molecule has 3 rings (SSSR count). The summed E-state index contributed by atoms with van der Waals surface area (Å²) in [5, 5.41) is 5.48. The molecule has 0 radical (unpaired) electrons. The zero-order chi connectivity index (χ0) is 30.9. The van der Waals surface area contributed by atoms with Gasteiger partial charge in [-0.25, -0.2) is 14.4 Å². The number of hydrogen-bond donors (Lipinski definition) is 2. The van der Waals surface area contributed by atoms with E-state index in [0.717, 1.165) is 24.8 Å². The van der Waals surface area contributed by atoms with E-state index in [0.29, 0.717) is 23.1 Å². The lowest BCUT2D eigenvalue weighted by atomic mass is 9.75. The Morgan fingerprint density at radius 1 is 0.929 bits per heavy atom. The molecule has 0 aliphatic heterocycles. The zero-order valence-electron chi connectivity index (χ0n) is 25.8. The molecule has 1 aliphatic rings. The minimum absolute atomic E-state index is 0.0106. The molecule has 0 saturated heterocycles. The van der Waals surface area contributed by atoms with Crippen LogP contribution in [-0.4, -0.2) is 43.0 Å². The van der Waals surface area contributed by atoms with Gasteiger partial charge in [0, 0.05) is 0 Å². The van der Waals surface area contributed by atoms with Crippen molar-refractivity contribution in [3.8, 4) is 5.75 Å². The number of amides is 2. The van der Waals surface area contributed by atoms with E-state index in [4.69, 9.17) is 18.9 Å². The summed E-state index contributed by atoms with van der Waals surface area (Å²) in [5.41, 5.74) is 0.556. The van der Waals surface area contributed by atoms with Gasteiger partial charge in [-0.3, -0.25) is 0 Å². The van der Waals surface area contributed by atoms with Crippen LogP contribution in [0, 0.1) is 17.8 Å². The molecule has 2 amide bonds. The number of carbonyl (C=O) groups excluding carboxylic acids is 3. The standard InChI is InChI=1S/C33H46N2O7/c1-21(2)26-18-13-22(3)19-27(26)41-30(36)29(35-31(37)40-20-23-11-9-8-10-12-23)28(34-32(38)42-33(4,5)6)24-14-16-25(39-7)17-15-24/h8-12,14-17,21-22,26-29H,13,18-20H2,1-7H3,(H,34,38)(H,35,37)/t22-,26-,27?,28+,29-/m1/s1. The lowest BCUT2D eigenvalue weighted by molar-refractivity contribution is -0.159. The summed E-state index contributed by atoms with van der Waals surface area (Å²) < 4.78 is 22.4. The van der Waals surface area contributed by atoms with Gasteiger partial charge in [0.25, 0.3) is 0 Å². The fourth-order valence-corrected chi connectivity index (χ4v) is 5.25. The van der Waals surface area contributed by atoms with Gasteiger partial charge in [-0.2, -0.15) is 0 Å². The van der Waals surface area contributed by atoms with E-state index in [1.807, 2.05) is 30.3 Å². The molecule has 1 unspecified atom stereocenters. The number of nitrogens with one attached hydrogen (secondary N) is 2. The van der Waals surface area contributed by atoms with E-state index in [1.54, 1.807) is 52.1 Å². The second kappa shape index (κ2) is 14.9. The smallest absolute Gasteiger partial charge is 0.408 e. The lowest BCUT2D eigenvalue weighted by Crippen LogP contribution is -2.53. The topological polar surface area (TPSA) is 112 Å². The number of alkyl carbamates (subject to hydrolysis) is 2. The Morgan fingerprint density at radius 2 is 1.60 bits per heavy atom. The van der Waals surface area contributed by atoms with Crippen molar-refractivity contribution in [1.82, 2.24) is 10.6 Å². The van der Waals surface area contributed by atoms with Gasteiger partial charge in [0.1, 0.15) is 24.1 Å². The van der Waals surface area contributed by atoms with Crippen LogP contribution >= 0.6 is 0 Å². The third-order valence-electron chi connectivity index (χ3n) is 7.45. The van der Waals surface area contributed by atoms with Crippen LogP contribution in [0.15, 0.2) is 54.6 Å². The molecular formula is C33H46N2O7. The first-order valence-electron chi connectivity index (χ1n) is 14.7. The van der Waals surface area contributed by atoms with Gasteiger partial charge in [0.2, 0.25) is 0 Å². The Hall–Kier alpha value is -3.75. The van der Waals surface area contributed by atoms with E-state index in [1.165, 1.54) is 0 Å². The van der Waals surface area contributed by atoms with E-state index in [2.05, 4.69) is 31.4 Å². The van der Waals surface area contributed by atoms with Crippen molar-refractivity contribution in [2.24, 2.45) is 17.8 Å². The molecule has 9 nitrogen and oxygen atoms in total. The molecule has 9 heteroatoms. The third kappa shape index (κ3) is 9.96. The first-order valence-corrected chi connectivity index (χ1v) is 14.7. The largest absolute Gasteiger partial charge is 0.497 e. The van der Waals surface area contributed by atoms with E-state index in [-0.39, 0.29) is 18.6 Å². The molecule has 1 fully saturated rings. The Labute approximate surface area is 249 Å². The highest BCUT2D eigenvalue weighted by Gasteiger charge is 2.40. The number of rotatable bonds is 10. The van der Waals surface area contributed by atoms with Crippen molar-refractivity contribution in [2.75, 3.05) is 7.11 Å². The predicted octanol–water partition coefficient (Wildman–Crippen LogP) is 6.56. The maximum absolute atomic E-state index is 14.0. The SMILES string of the molecule is COc1ccc([C@H](NC(=O)OC(C)(C)C)[C@@H](NC(=O)OCc2ccccc2)C(=O)OC2C[C@H](C)CC[C@@H]2C(C)C)cc1. The minimum atomic E-state index is -1.31. The fourth-order valence-electron chi connectivity index (χ4n) is 5.25. The Morgan fingerprint density at radius 3 is 2.19 bits per heavy atom. The van der Waals surface area contributed by atoms with E-state index < -0.39 is 35.8 Å². The van der Waals surface area contributed by atoms with Crippen LogP contribution in [0.4, 0.5) is 9.59 Å². The second-order valence-corrected chi connectivity index (χ2v) is 12.4. The predicted molar refractivity (Wildman–Crippen MR) is 160 cm³/mol. The normalized spacial score (nSPS) is 20.1. The minimum Gasteiger partial charge on any atom is -0.497 e. The van der Waals surface area contributed by atoms with Crippen LogP contribution < -0.4 is 15.4 Å².